The zero-order valence-corrected chi connectivity index (χ0v) is 17.2. The van der Waals surface area contributed by atoms with E-state index in [4.69, 9.17) is 4.74 Å². The fourth-order valence-corrected chi connectivity index (χ4v) is 3.98. The van der Waals surface area contributed by atoms with E-state index in [0.29, 0.717) is 17.5 Å². The van der Waals surface area contributed by atoms with Gasteiger partial charge in [0.2, 0.25) is 0 Å². The minimum absolute atomic E-state index is 0.0111. The van der Waals surface area contributed by atoms with Crippen LogP contribution < -0.4 is 14.4 Å². The third kappa shape index (κ3) is 4.33. The van der Waals surface area contributed by atoms with Gasteiger partial charge in [-0.15, -0.1) is 0 Å². The molecule has 0 radical (unpaired) electrons. The zero-order valence-electron chi connectivity index (χ0n) is 16.4. The van der Waals surface area contributed by atoms with Crippen molar-refractivity contribution in [3.63, 3.8) is 0 Å². The van der Waals surface area contributed by atoms with Crippen LogP contribution in [0.1, 0.15) is 10.4 Å². The predicted octanol–water partition coefficient (Wildman–Crippen LogP) is 4.19. The lowest BCUT2D eigenvalue weighted by atomic mass is 10.2. The minimum atomic E-state index is -3.97. The molecule has 0 fully saturated rings. The van der Waals surface area contributed by atoms with Gasteiger partial charge in [-0.1, -0.05) is 12.1 Å². The maximum Gasteiger partial charge on any atom is 0.264 e. The Bertz CT molecular complexity index is 1230. The number of methoxy groups -OCH3 is 1. The first-order valence-electron chi connectivity index (χ1n) is 8.83. The second kappa shape index (κ2) is 8.68. The van der Waals surface area contributed by atoms with Crippen molar-refractivity contribution in [2.45, 2.75) is 4.90 Å². The zero-order chi connectivity index (χ0) is 22.8. The summed E-state index contributed by atoms with van der Waals surface area (Å²) in [5, 5.41) is 2.12. The van der Waals surface area contributed by atoms with E-state index in [1.54, 1.807) is 24.3 Å². The number of anilines is 2. The van der Waals surface area contributed by atoms with Crippen LogP contribution in [0.25, 0.3) is 0 Å². The summed E-state index contributed by atoms with van der Waals surface area (Å²) in [5.41, 5.74) is -0.236. The molecule has 3 aromatic rings. The SMILES string of the molecule is COc1ccccc1N(C)S(=O)(=O)c1ccc(C(=O)Nc2ccc(F)c(F)c2F)cc1. The Morgan fingerprint density at radius 3 is 2.23 bits per heavy atom. The van der Waals surface area contributed by atoms with Crippen LogP contribution in [0.3, 0.4) is 0 Å². The third-order valence-electron chi connectivity index (χ3n) is 4.48. The number of carbonyl (C=O) groups excluding carboxylic acids is 1. The molecule has 1 amide bonds. The van der Waals surface area contributed by atoms with Crippen molar-refractivity contribution in [3.8, 4) is 5.75 Å². The molecular formula is C21H17F3N2O4S. The molecule has 0 saturated heterocycles. The monoisotopic (exact) mass is 450 g/mol. The van der Waals surface area contributed by atoms with E-state index in [2.05, 4.69) is 5.32 Å². The number of hydrogen-bond donors (Lipinski definition) is 1. The first kappa shape index (κ1) is 22.2. The molecule has 162 valence electrons. The normalized spacial score (nSPS) is 11.1. The van der Waals surface area contributed by atoms with E-state index < -0.39 is 39.1 Å². The molecule has 0 bridgehead atoms. The van der Waals surface area contributed by atoms with E-state index in [-0.39, 0.29) is 10.5 Å². The van der Waals surface area contributed by atoms with E-state index in [1.165, 1.54) is 38.4 Å². The first-order valence-corrected chi connectivity index (χ1v) is 10.3. The fraction of sp³-hybridized carbons (Fsp3) is 0.0952. The quantitative estimate of drug-likeness (QED) is 0.572. The highest BCUT2D eigenvalue weighted by atomic mass is 32.2. The Balaban J connectivity index is 1.83. The minimum Gasteiger partial charge on any atom is -0.495 e. The topological polar surface area (TPSA) is 75.7 Å². The van der Waals surface area contributed by atoms with Crippen LogP contribution in [0.5, 0.6) is 5.75 Å². The van der Waals surface area contributed by atoms with Crippen molar-refractivity contribution in [2.24, 2.45) is 0 Å². The van der Waals surface area contributed by atoms with Crippen LogP contribution in [0.4, 0.5) is 24.5 Å². The lowest BCUT2D eigenvalue weighted by Gasteiger charge is -2.21. The van der Waals surface area contributed by atoms with Gasteiger partial charge in [-0.05, 0) is 48.5 Å². The molecule has 10 heteroatoms. The van der Waals surface area contributed by atoms with Gasteiger partial charge in [0, 0.05) is 12.6 Å². The Labute approximate surface area is 176 Å². The third-order valence-corrected chi connectivity index (χ3v) is 6.27. The number of halogens is 3. The highest BCUT2D eigenvalue weighted by molar-refractivity contribution is 7.92. The Kier molecular flexibility index (Phi) is 6.21. The van der Waals surface area contributed by atoms with Crippen LogP contribution in [0.15, 0.2) is 65.6 Å². The lowest BCUT2D eigenvalue weighted by molar-refractivity contribution is 0.102. The Morgan fingerprint density at radius 2 is 1.58 bits per heavy atom. The summed E-state index contributed by atoms with van der Waals surface area (Å²) in [5.74, 6) is -5.10. The molecule has 0 aliphatic carbocycles. The van der Waals surface area contributed by atoms with Crippen molar-refractivity contribution < 1.29 is 31.1 Å². The average Bonchev–Trinajstić information content (AvgIpc) is 2.78. The van der Waals surface area contributed by atoms with E-state index >= 15 is 0 Å². The highest BCUT2D eigenvalue weighted by Crippen LogP contribution is 2.31. The van der Waals surface area contributed by atoms with Gasteiger partial charge in [0.05, 0.1) is 23.4 Å². The highest BCUT2D eigenvalue weighted by Gasteiger charge is 2.24. The molecule has 0 spiro atoms. The number of hydrogen-bond acceptors (Lipinski definition) is 4. The van der Waals surface area contributed by atoms with Gasteiger partial charge in [0.15, 0.2) is 17.5 Å². The summed E-state index contributed by atoms with van der Waals surface area (Å²) < 4.78 is 72.2. The van der Waals surface area contributed by atoms with Crippen molar-refractivity contribution in [1.29, 1.82) is 0 Å². The number of sulfonamides is 1. The Morgan fingerprint density at radius 1 is 0.935 bits per heavy atom. The van der Waals surface area contributed by atoms with Crippen molar-refractivity contribution in [1.82, 2.24) is 0 Å². The molecule has 0 atom stereocenters. The number of rotatable bonds is 6. The number of amides is 1. The van der Waals surface area contributed by atoms with Gasteiger partial charge in [0.1, 0.15) is 5.75 Å². The van der Waals surface area contributed by atoms with Crippen LogP contribution in [-0.2, 0) is 10.0 Å². The molecule has 0 aliphatic heterocycles. The molecular weight excluding hydrogens is 433 g/mol. The number of nitrogens with one attached hydrogen (secondary N) is 1. The lowest BCUT2D eigenvalue weighted by Crippen LogP contribution is -2.27. The van der Waals surface area contributed by atoms with Gasteiger partial charge in [-0.2, -0.15) is 0 Å². The largest absolute Gasteiger partial charge is 0.495 e. The number of benzene rings is 3. The van der Waals surface area contributed by atoms with Gasteiger partial charge < -0.3 is 10.1 Å². The van der Waals surface area contributed by atoms with Gasteiger partial charge in [-0.3, -0.25) is 9.10 Å². The molecule has 0 aromatic heterocycles. The van der Waals surface area contributed by atoms with Crippen LogP contribution in [-0.4, -0.2) is 28.5 Å². The van der Waals surface area contributed by atoms with Crippen molar-refractivity contribution in [3.05, 3.63) is 83.7 Å². The van der Waals surface area contributed by atoms with E-state index in [9.17, 15) is 26.4 Å². The summed E-state index contributed by atoms with van der Waals surface area (Å²) in [4.78, 5) is 12.2. The summed E-state index contributed by atoms with van der Waals surface area (Å²) in [7, 11) is -1.19. The molecule has 0 heterocycles. The van der Waals surface area contributed by atoms with Gasteiger partial charge in [0.25, 0.3) is 15.9 Å². The molecule has 6 nitrogen and oxygen atoms in total. The second-order valence-electron chi connectivity index (χ2n) is 6.35. The van der Waals surface area contributed by atoms with E-state index in [1.807, 2.05) is 0 Å². The molecule has 3 rings (SSSR count). The summed E-state index contributed by atoms with van der Waals surface area (Å²) in [6.07, 6.45) is 0. The molecule has 0 unspecified atom stereocenters. The van der Waals surface area contributed by atoms with Crippen LogP contribution in [0, 0.1) is 17.5 Å². The average molecular weight is 450 g/mol. The predicted molar refractivity (Wildman–Crippen MR) is 109 cm³/mol. The summed E-state index contributed by atoms with van der Waals surface area (Å²) in [6.45, 7) is 0. The molecule has 3 aromatic carbocycles. The second-order valence-corrected chi connectivity index (χ2v) is 8.32. The van der Waals surface area contributed by atoms with Crippen molar-refractivity contribution >= 4 is 27.3 Å². The van der Waals surface area contributed by atoms with Gasteiger partial charge >= 0.3 is 0 Å². The number of para-hydroxylation sites is 2. The molecule has 1 N–H and O–H groups in total. The smallest absolute Gasteiger partial charge is 0.264 e. The number of ether oxygens (including phenoxy) is 1. The standard InChI is InChI=1S/C21H17F3N2O4S/c1-26(17-5-3-4-6-18(17)30-2)31(28,29)14-9-7-13(8-10-14)21(27)25-16-12-11-15(22)19(23)20(16)24/h3-12H,1-2H3,(H,25,27). The van der Waals surface area contributed by atoms with Crippen LogP contribution in [0.2, 0.25) is 0 Å². The number of nitrogens with zero attached hydrogens (tertiary/aromatic N) is 1. The first-order chi connectivity index (χ1) is 14.7. The van der Waals surface area contributed by atoms with E-state index in [0.717, 1.165) is 10.4 Å². The Hall–Kier alpha value is -3.53. The van der Waals surface area contributed by atoms with Crippen molar-refractivity contribution in [2.75, 3.05) is 23.8 Å². The van der Waals surface area contributed by atoms with Gasteiger partial charge in [-0.25, -0.2) is 21.6 Å². The molecule has 0 aliphatic rings. The fourth-order valence-electron chi connectivity index (χ4n) is 2.77. The maximum atomic E-state index is 13.7. The van der Waals surface area contributed by atoms with Crippen LogP contribution >= 0.6 is 0 Å². The molecule has 31 heavy (non-hydrogen) atoms. The summed E-state index contributed by atoms with van der Waals surface area (Å²) in [6, 6.07) is 13.0. The summed E-state index contributed by atoms with van der Waals surface area (Å²) >= 11 is 0. The maximum absolute atomic E-state index is 13.7. The molecule has 0 saturated carbocycles. The number of carbonyl (C=O) groups is 1.